The lowest BCUT2D eigenvalue weighted by molar-refractivity contribution is -0.117. The van der Waals surface area contributed by atoms with Gasteiger partial charge in [0, 0.05) is 29.7 Å². The highest BCUT2D eigenvalue weighted by Gasteiger charge is 2.29. The predicted molar refractivity (Wildman–Crippen MR) is 86.1 cm³/mol. The van der Waals surface area contributed by atoms with Crippen LogP contribution in [0.25, 0.3) is 0 Å². The van der Waals surface area contributed by atoms with E-state index in [1.165, 1.54) is 0 Å². The van der Waals surface area contributed by atoms with Crippen molar-refractivity contribution in [3.63, 3.8) is 0 Å². The number of hydrogen-bond donors (Lipinski definition) is 2. The zero-order valence-corrected chi connectivity index (χ0v) is 12.7. The molecule has 1 saturated carbocycles. The van der Waals surface area contributed by atoms with Gasteiger partial charge in [0.2, 0.25) is 5.91 Å². The number of nitrogens with zero attached hydrogens (tertiary/aromatic N) is 1. The maximum absolute atomic E-state index is 12.1. The molecule has 1 amide bonds. The molecule has 0 aromatic heterocycles. The van der Waals surface area contributed by atoms with E-state index in [1.807, 2.05) is 12.1 Å². The summed E-state index contributed by atoms with van der Waals surface area (Å²) in [6.07, 6.45) is 2.93. The second-order valence-electron chi connectivity index (χ2n) is 4.98. The summed E-state index contributed by atoms with van der Waals surface area (Å²) in [6, 6.07) is 7.63. The molecule has 3 N–H and O–H groups in total. The molecule has 0 atom stereocenters. The molecule has 2 rings (SSSR count). The Bertz CT molecular complexity index is 505. The molecular formula is C14H18ClN3OS. The lowest BCUT2D eigenvalue weighted by Crippen LogP contribution is -2.36. The van der Waals surface area contributed by atoms with Gasteiger partial charge >= 0.3 is 0 Å². The Labute approximate surface area is 129 Å². The van der Waals surface area contributed by atoms with Crippen LogP contribution in [0.3, 0.4) is 0 Å². The minimum atomic E-state index is -0.0397. The summed E-state index contributed by atoms with van der Waals surface area (Å²) in [5.74, 6) is -0.0397. The minimum absolute atomic E-state index is 0.0397. The minimum Gasteiger partial charge on any atom is -0.393 e. The Morgan fingerprint density at radius 2 is 2.25 bits per heavy atom. The first-order valence-corrected chi connectivity index (χ1v) is 7.41. The van der Waals surface area contributed by atoms with Gasteiger partial charge in [-0.3, -0.25) is 9.69 Å². The van der Waals surface area contributed by atoms with E-state index in [2.05, 4.69) is 10.2 Å². The van der Waals surface area contributed by atoms with Crippen molar-refractivity contribution in [2.45, 2.75) is 25.3 Å². The topological polar surface area (TPSA) is 58.4 Å². The molecule has 1 fully saturated rings. The highest BCUT2D eigenvalue weighted by molar-refractivity contribution is 7.80. The van der Waals surface area contributed by atoms with E-state index in [0.717, 1.165) is 19.4 Å². The molecule has 0 heterocycles. The molecule has 20 heavy (non-hydrogen) atoms. The Morgan fingerprint density at radius 1 is 1.50 bits per heavy atom. The van der Waals surface area contributed by atoms with Crippen LogP contribution >= 0.6 is 23.8 Å². The van der Waals surface area contributed by atoms with Crippen molar-refractivity contribution >= 4 is 40.4 Å². The smallest absolute Gasteiger partial charge is 0.238 e. The molecule has 1 aliphatic rings. The molecule has 0 radical (unpaired) electrons. The van der Waals surface area contributed by atoms with Crippen LogP contribution in [0.1, 0.15) is 19.3 Å². The third kappa shape index (κ3) is 5.07. The first kappa shape index (κ1) is 15.2. The molecule has 1 aromatic carbocycles. The summed E-state index contributed by atoms with van der Waals surface area (Å²) >= 11 is 10.8. The lowest BCUT2D eigenvalue weighted by Gasteiger charge is -2.21. The highest BCUT2D eigenvalue weighted by atomic mass is 35.5. The van der Waals surface area contributed by atoms with Crippen LogP contribution in [0.2, 0.25) is 5.02 Å². The first-order valence-electron chi connectivity index (χ1n) is 6.62. The average molecular weight is 312 g/mol. The van der Waals surface area contributed by atoms with Gasteiger partial charge in [-0.15, -0.1) is 0 Å². The zero-order chi connectivity index (χ0) is 14.5. The van der Waals surface area contributed by atoms with Crippen LogP contribution in [-0.4, -0.2) is 34.9 Å². The summed E-state index contributed by atoms with van der Waals surface area (Å²) in [5, 5.41) is 3.46. The Hall–Kier alpha value is -1.17. The van der Waals surface area contributed by atoms with E-state index in [9.17, 15) is 4.79 Å². The Morgan fingerprint density at radius 3 is 2.85 bits per heavy atom. The molecule has 0 spiro atoms. The molecule has 0 saturated heterocycles. The van der Waals surface area contributed by atoms with Gasteiger partial charge in [-0.25, -0.2) is 0 Å². The number of rotatable bonds is 7. The van der Waals surface area contributed by atoms with Gasteiger partial charge in [0.25, 0.3) is 0 Å². The van der Waals surface area contributed by atoms with Crippen molar-refractivity contribution in [3.05, 3.63) is 29.3 Å². The molecule has 1 aliphatic carbocycles. The number of benzene rings is 1. The van der Waals surface area contributed by atoms with Gasteiger partial charge in [0.15, 0.2) is 0 Å². The first-order chi connectivity index (χ1) is 9.54. The summed E-state index contributed by atoms with van der Waals surface area (Å²) in [5.41, 5.74) is 6.24. The Kier molecular flexibility index (Phi) is 5.34. The van der Waals surface area contributed by atoms with Crippen LogP contribution in [0.5, 0.6) is 0 Å². The number of thiocarbonyl (C=S) groups is 1. The van der Waals surface area contributed by atoms with Crippen LogP contribution in [0, 0.1) is 0 Å². The van der Waals surface area contributed by atoms with Crippen molar-refractivity contribution in [3.8, 4) is 0 Å². The van der Waals surface area contributed by atoms with Gasteiger partial charge in [-0.1, -0.05) is 29.9 Å². The third-order valence-corrected chi connectivity index (χ3v) is 3.60. The average Bonchev–Trinajstić information content (AvgIpc) is 3.18. The summed E-state index contributed by atoms with van der Waals surface area (Å²) in [6.45, 7) is 1.10. The quantitative estimate of drug-likeness (QED) is 0.759. The number of carbonyl (C=O) groups is 1. The number of nitrogens with two attached hydrogens (primary N) is 1. The number of halogens is 1. The number of amides is 1. The third-order valence-electron chi connectivity index (χ3n) is 3.16. The lowest BCUT2D eigenvalue weighted by atomic mass is 10.3. The summed E-state index contributed by atoms with van der Waals surface area (Å²) in [4.78, 5) is 14.7. The molecule has 0 unspecified atom stereocenters. The second-order valence-corrected chi connectivity index (χ2v) is 5.94. The fourth-order valence-electron chi connectivity index (χ4n) is 2.04. The van der Waals surface area contributed by atoms with Crippen LogP contribution in [-0.2, 0) is 4.79 Å². The van der Waals surface area contributed by atoms with Gasteiger partial charge in [0.1, 0.15) is 0 Å². The van der Waals surface area contributed by atoms with Gasteiger partial charge in [0.05, 0.1) is 11.5 Å². The van der Waals surface area contributed by atoms with Gasteiger partial charge in [-0.2, -0.15) is 0 Å². The maximum Gasteiger partial charge on any atom is 0.238 e. The largest absolute Gasteiger partial charge is 0.393 e. The highest BCUT2D eigenvalue weighted by Crippen LogP contribution is 2.26. The SMILES string of the molecule is NC(=S)CCN(CC(=O)Nc1cccc(Cl)c1)C1CC1. The molecule has 108 valence electrons. The summed E-state index contributed by atoms with van der Waals surface area (Å²) in [7, 11) is 0. The van der Waals surface area contributed by atoms with Gasteiger partial charge in [-0.05, 0) is 31.0 Å². The molecular weight excluding hydrogens is 294 g/mol. The van der Waals surface area contributed by atoms with Crippen molar-refractivity contribution < 1.29 is 4.79 Å². The van der Waals surface area contributed by atoms with E-state index in [4.69, 9.17) is 29.6 Å². The molecule has 4 nitrogen and oxygen atoms in total. The number of anilines is 1. The zero-order valence-electron chi connectivity index (χ0n) is 11.1. The fraction of sp³-hybridized carbons (Fsp3) is 0.429. The van der Waals surface area contributed by atoms with E-state index < -0.39 is 0 Å². The van der Waals surface area contributed by atoms with Crippen LogP contribution in [0.15, 0.2) is 24.3 Å². The molecule has 1 aromatic rings. The van der Waals surface area contributed by atoms with Gasteiger partial charge < -0.3 is 11.1 Å². The van der Waals surface area contributed by atoms with Crippen molar-refractivity contribution in [1.29, 1.82) is 0 Å². The van der Waals surface area contributed by atoms with E-state index in [0.29, 0.717) is 34.7 Å². The van der Waals surface area contributed by atoms with Crippen molar-refractivity contribution in [1.82, 2.24) is 4.90 Å². The van der Waals surface area contributed by atoms with E-state index in [1.54, 1.807) is 12.1 Å². The maximum atomic E-state index is 12.1. The van der Waals surface area contributed by atoms with Crippen molar-refractivity contribution in [2.75, 3.05) is 18.4 Å². The fourth-order valence-corrected chi connectivity index (χ4v) is 2.32. The standard InChI is InChI=1S/C14H18ClN3OS/c15-10-2-1-3-11(8-10)17-14(19)9-18(12-4-5-12)7-6-13(16)20/h1-3,8,12H,4-7,9H2,(H2,16,20)(H,17,19). The van der Waals surface area contributed by atoms with Crippen LogP contribution < -0.4 is 11.1 Å². The van der Waals surface area contributed by atoms with Crippen LogP contribution in [0.4, 0.5) is 5.69 Å². The normalized spacial score (nSPS) is 14.3. The number of hydrogen-bond acceptors (Lipinski definition) is 3. The summed E-state index contributed by atoms with van der Waals surface area (Å²) < 4.78 is 0. The molecule has 0 aliphatic heterocycles. The number of nitrogens with one attached hydrogen (secondary N) is 1. The monoisotopic (exact) mass is 311 g/mol. The van der Waals surface area contributed by atoms with Crippen molar-refractivity contribution in [2.24, 2.45) is 5.73 Å². The Balaban J connectivity index is 1.86. The van der Waals surface area contributed by atoms with E-state index in [-0.39, 0.29) is 5.91 Å². The number of carbonyl (C=O) groups excluding carboxylic acids is 1. The van der Waals surface area contributed by atoms with E-state index >= 15 is 0 Å². The second kappa shape index (κ2) is 7.02. The molecule has 0 bridgehead atoms. The molecule has 6 heteroatoms. The predicted octanol–water partition coefficient (Wildman–Crippen LogP) is 2.42.